The fourth-order valence-electron chi connectivity index (χ4n) is 1.63. The number of carbonyl (C=O) groups excluding carboxylic acids is 1. The third-order valence-electron chi connectivity index (χ3n) is 2.36. The van der Waals surface area contributed by atoms with Gasteiger partial charge in [-0.25, -0.2) is 0 Å². The van der Waals surface area contributed by atoms with Gasteiger partial charge in [0.1, 0.15) is 0 Å². The number of carbonyl (C=O) groups is 1. The van der Waals surface area contributed by atoms with Crippen molar-refractivity contribution < 1.29 is 4.79 Å². The lowest BCUT2D eigenvalue weighted by Gasteiger charge is -2.32. The fourth-order valence-corrected chi connectivity index (χ4v) is 2.66. The maximum Gasteiger partial charge on any atom is 0.236 e. The monoisotopic (exact) mass is 214 g/mol. The van der Waals surface area contributed by atoms with Crippen molar-refractivity contribution in [3.05, 3.63) is 12.7 Å². The molecule has 14 heavy (non-hydrogen) atoms. The lowest BCUT2D eigenvalue weighted by molar-refractivity contribution is -0.130. The molecular formula is C10H18N2OS. The standard InChI is InChI=1S/C10H18N2OS/c1-2-6-14-9-4-3-5-12(8-9)10(13)7-11/h2,9H,1,3-8,11H2. The molecule has 1 heterocycles. The van der Waals surface area contributed by atoms with E-state index in [1.807, 2.05) is 22.7 Å². The molecule has 0 aromatic heterocycles. The third-order valence-corrected chi connectivity index (χ3v) is 3.64. The summed E-state index contributed by atoms with van der Waals surface area (Å²) < 4.78 is 0. The Labute approximate surface area is 89.7 Å². The molecule has 1 aliphatic heterocycles. The average molecular weight is 214 g/mol. The van der Waals surface area contributed by atoms with Crippen LogP contribution in [0.25, 0.3) is 0 Å². The molecule has 4 heteroatoms. The molecule has 1 rings (SSSR count). The van der Waals surface area contributed by atoms with Gasteiger partial charge in [0.05, 0.1) is 6.54 Å². The Morgan fingerprint density at radius 2 is 2.50 bits per heavy atom. The Balaban J connectivity index is 2.35. The van der Waals surface area contributed by atoms with Gasteiger partial charge in [-0.3, -0.25) is 4.79 Å². The summed E-state index contributed by atoms with van der Waals surface area (Å²) in [6.45, 7) is 5.56. The summed E-state index contributed by atoms with van der Waals surface area (Å²) in [7, 11) is 0. The molecule has 80 valence electrons. The van der Waals surface area contributed by atoms with E-state index in [1.165, 1.54) is 6.42 Å². The van der Waals surface area contributed by atoms with Crippen molar-refractivity contribution in [2.75, 3.05) is 25.4 Å². The number of amides is 1. The predicted molar refractivity (Wildman–Crippen MR) is 61.3 cm³/mol. The van der Waals surface area contributed by atoms with E-state index in [0.717, 1.165) is 25.3 Å². The van der Waals surface area contributed by atoms with Gasteiger partial charge in [-0.15, -0.1) is 6.58 Å². The van der Waals surface area contributed by atoms with Gasteiger partial charge in [0, 0.05) is 24.1 Å². The van der Waals surface area contributed by atoms with Crippen LogP contribution in [0.2, 0.25) is 0 Å². The number of nitrogens with zero attached hydrogens (tertiary/aromatic N) is 1. The Bertz CT molecular complexity index is 208. The smallest absolute Gasteiger partial charge is 0.236 e. The van der Waals surface area contributed by atoms with E-state index in [-0.39, 0.29) is 12.5 Å². The van der Waals surface area contributed by atoms with Crippen molar-refractivity contribution >= 4 is 17.7 Å². The lowest BCUT2D eigenvalue weighted by Crippen LogP contribution is -2.43. The Hall–Kier alpha value is -0.480. The van der Waals surface area contributed by atoms with E-state index in [9.17, 15) is 4.79 Å². The molecule has 1 atom stereocenters. The van der Waals surface area contributed by atoms with Crippen LogP contribution < -0.4 is 5.73 Å². The molecule has 0 saturated carbocycles. The molecule has 1 saturated heterocycles. The minimum atomic E-state index is 0.0777. The number of rotatable bonds is 4. The predicted octanol–water partition coefficient (Wildman–Crippen LogP) is 0.855. The van der Waals surface area contributed by atoms with E-state index < -0.39 is 0 Å². The first kappa shape index (κ1) is 11.6. The molecule has 1 fully saturated rings. The number of hydrogen-bond donors (Lipinski definition) is 1. The molecule has 2 N–H and O–H groups in total. The van der Waals surface area contributed by atoms with Gasteiger partial charge < -0.3 is 10.6 Å². The maximum absolute atomic E-state index is 11.4. The summed E-state index contributed by atoms with van der Waals surface area (Å²) in [4.78, 5) is 13.2. The van der Waals surface area contributed by atoms with Gasteiger partial charge in [0.25, 0.3) is 0 Å². The SMILES string of the molecule is C=CCSC1CCCN(C(=O)CN)C1. The molecule has 1 unspecified atom stereocenters. The molecule has 0 aromatic carbocycles. The molecular weight excluding hydrogens is 196 g/mol. The van der Waals surface area contributed by atoms with E-state index >= 15 is 0 Å². The summed E-state index contributed by atoms with van der Waals surface area (Å²) >= 11 is 1.88. The van der Waals surface area contributed by atoms with E-state index in [1.54, 1.807) is 0 Å². The van der Waals surface area contributed by atoms with Gasteiger partial charge >= 0.3 is 0 Å². The van der Waals surface area contributed by atoms with Crippen molar-refractivity contribution in [2.24, 2.45) is 5.73 Å². The summed E-state index contributed by atoms with van der Waals surface area (Å²) in [6, 6.07) is 0. The van der Waals surface area contributed by atoms with Gasteiger partial charge in [0.2, 0.25) is 5.91 Å². The van der Waals surface area contributed by atoms with Crippen LogP contribution in [0.3, 0.4) is 0 Å². The second kappa shape index (κ2) is 6.09. The highest BCUT2D eigenvalue weighted by atomic mass is 32.2. The maximum atomic E-state index is 11.4. The van der Waals surface area contributed by atoms with Crippen molar-refractivity contribution in [1.82, 2.24) is 4.90 Å². The van der Waals surface area contributed by atoms with Crippen LogP contribution in [0.15, 0.2) is 12.7 Å². The minimum absolute atomic E-state index is 0.0777. The number of likely N-dealkylation sites (tertiary alicyclic amines) is 1. The van der Waals surface area contributed by atoms with Gasteiger partial charge in [-0.1, -0.05) is 6.08 Å². The van der Waals surface area contributed by atoms with Crippen molar-refractivity contribution in [3.63, 3.8) is 0 Å². The van der Waals surface area contributed by atoms with Crippen molar-refractivity contribution in [2.45, 2.75) is 18.1 Å². The van der Waals surface area contributed by atoms with Crippen LogP contribution in [0.5, 0.6) is 0 Å². The first-order valence-electron chi connectivity index (χ1n) is 4.98. The van der Waals surface area contributed by atoms with Crippen molar-refractivity contribution in [3.8, 4) is 0 Å². The zero-order chi connectivity index (χ0) is 10.4. The van der Waals surface area contributed by atoms with Crippen molar-refractivity contribution in [1.29, 1.82) is 0 Å². The fraction of sp³-hybridized carbons (Fsp3) is 0.700. The van der Waals surface area contributed by atoms with E-state index in [4.69, 9.17) is 5.73 Å². The molecule has 0 radical (unpaired) electrons. The number of hydrogen-bond acceptors (Lipinski definition) is 3. The lowest BCUT2D eigenvalue weighted by atomic mass is 10.1. The Kier molecular flexibility index (Phi) is 5.04. The first-order chi connectivity index (χ1) is 6.77. The average Bonchev–Trinajstić information content (AvgIpc) is 2.25. The van der Waals surface area contributed by atoms with Crippen LogP contribution in [0.1, 0.15) is 12.8 Å². The Morgan fingerprint density at radius 3 is 3.14 bits per heavy atom. The summed E-state index contributed by atoms with van der Waals surface area (Å²) in [5.74, 6) is 1.05. The quantitative estimate of drug-likeness (QED) is 0.706. The van der Waals surface area contributed by atoms with Gasteiger partial charge in [-0.05, 0) is 12.8 Å². The second-order valence-corrected chi connectivity index (χ2v) is 4.76. The summed E-state index contributed by atoms with van der Waals surface area (Å²) in [5.41, 5.74) is 5.33. The Morgan fingerprint density at radius 1 is 1.71 bits per heavy atom. The zero-order valence-electron chi connectivity index (χ0n) is 8.45. The number of piperidine rings is 1. The van der Waals surface area contributed by atoms with Crippen LogP contribution in [0.4, 0.5) is 0 Å². The highest BCUT2D eigenvalue weighted by molar-refractivity contribution is 8.00. The topological polar surface area (TPSA) is 46.3 Å². The van der Waals surface area contributed by atoms with E-state index in [2.05, 4.69) is 6.58 Å². The summed E-state index contributed by atoms with van der Waals surface area (Å²) in [6.07, 6.45) is 4.21. The molecule has 1 aliphatic rings. The number of thioether (sulfide) groups is 1. The van der Waals surface area contributed by atoms with Crippen LogP contribution in [-0.2, 0) is 4.79 Å². The van der Waals surface area contributed by atoms with Crippen LogP contribution in [-0.4, -0.2) is 41.4 Å². The normalized spacial score (nSPS) is 22.1. The zero-order valence-corrected chi connectivity index (χ0v) is 9.26. The molecule has 0 bridgehead atoms. The molecule has 0 aromatic rings. The highest BCUT2D eigenvalue weighted by Crippen LogP contribution is 2.22. The van der Waals surface area contributed by atoms with Crippen LogP contribution >= 0.6 is 11.8 Å². The summed E-state index contributed by atoms with van der Waals surface area (Å²) in [5, 5.41) is 0.567. The number of nitrogens with two attached hydrogens (primary N) is 1. The van der Waals surface area contributed by atoms with Gasteiger partial charge in [0.15, 0.2) is 0 Å². The molecule has 3 nitrogen and oxygen atoms in total. The second-order valence-electron chi connectivity index (χ2n) is 3.43. The van der Waals surface area contributed by atoms with Crippen LogP contribution in [0, 0.1) is 0 Å². The largest absolute Gasteiger partial charge is 0.340 e. The van der Waals surface area contributed by atoms with Gasteiger partial charge in [-0.2, -0.15) is 11.8 Å². The third kappa shape index (κ3) is 3.35. The molecule has 1 amide bonds. The highest BCUT2D eigenvalue weighted by Gasteiger charge is 2.22. The first-order valence-corrected chi connectivity index (χ1v) is 6.03. The minimum Gasteiger partial charge on any atom is -0.340 e. The molecule has 0 aliphatic carbocycles. The van der Waals surface area contributed by atoms with E-state index in [0.29, 0.717) is 5.25 Å². The molecule has 0 spiro atoms.